The lowest BCUT2D eigenvalue weighted by Crippen LogP contribution is -2.37. The second-order valence-corrected chi connectivity index (χ2v) is 8.24. The number of carbonyl (C=O) groups excluding carboxylic acids is 2. The van der Waals surface area contributed by atoms with Crippen molar-refractivity contribution in [1.29, 1.82) is 0 Å². The van der Waals surface area contributed by atoms with Gasteiger partial charge in [-0.1, -0.05) is 66.2 Å². The summed E-state index contributed by atoms with van der Waals surface area (Å²) in [6, 6.07) is 25.6. The van der Waals surface area contributed by atoms with E-state index in [9.17, 15) is 14.7 Å². The second-order valence-electron chi connectivity index (χ2n) is 8.24. The molecule has 0 atom stereocenters. The Balaban J connectivity index is 1.41. The molecule has 1 aliphatic heterocycles. The van der Waals surface area contributed by atoms with E-state index < -0.39 is 5.91 Å². The van der Waals surface area contributed by atoms with Crippen molar-refractivity contribution < 1.29 is 14.7 Å². The number of phenolic OH excluding ortho intramolecular Hbond substituents is 1. The fraction of sp³-hybridized carbons (Fsp3) is 0.0714. The molecule has 4 aromatic rings. The first-order valence-corrected chi connectivity index (χ1v) is 11.1. The second kappa shape index (κ2) is 9.23. The quantitative estimate of drug-likeness (QED) is 0.334. The zero-order valence-electron chi connectivity index (χ0n) is 19.0. The van der Waals surface area contributed by atoms with E-state index in [2.05, 4.69) is 15.5 Å². The van der Waals surface area contributed by atoms with Gasteiger partial charge in [0.25, 0.3) is 5.91 Å². The summed E-state index contributed by atoms with van der Waals surface area (Å²) in [6.07, 6.45) is 1.44. The van der Waals surface area contributed by atoms with Crippen molar-refractivity contribution in [1.82, 2.24) is 0 Å². The number of hydrogen-bond donors (Lipinski definition) is 2. The highest BCUT2D eigenvalue weighted by Crippen LogP contribution is 2.30. The summed E-state index contributed by atoms with van der Waals surface area (Å²) < 4.78 is 0. The number of phenols is 1. The lowest BCUT2D eigenvalue weighted by Gasteiger charge is -2.16. The molecule has 172 valence electrons. The summed E-state index contributed by atoms with van der Waals surface area (Å²) >= 11 is 0. The number of aryl methyl sites for hydroxylation is 1. The first-order chi connectivity index (χ1) is 17.0. The van der Waals surface area contributed by atoms with Crippen molar-refractivity contribution in [3.05, 3.63) is 102 Å². The van der Waals surface area contributed by atoms with Crippen LogP contribution >= 0.6 is 0 Å². The minimum absolute atomic E-state index is 0.0696. The molecule has 1 aliphatic rings. The highest BCUT2D eigenvalue weighted by Gasteiger charge is 2.35. The Kier molecular flexibility index (Phi) is 5.81. The van der Waals surface area contributed by atoms with Gasteiger partial charge < -0.3 is 10.4 Å². The maximum Gasteiger partial charge on any atom is 0.279 e. The number of hydrogen-bond acceptors (Lipinski definition) is 5. The van der Waals surface area contributed by atoms with E-state index in [1.807, 2.05) is 61.5 Å². The molecule has 7 heteroatoms. The maximum atomic E-state index is 13.2. The number of para-hydroxylation sites is 1. The van der Waals surface area contributed by atoms with Crippen LogP contribution in [0.25, 0.3) is 10.8 Å². The molecule has 0 aromatic heterocycles. The summed E-state index contributed by atoms with van der Waals surface area (Å²) in [4.78, 5) is 27.3. The third-order valence-corrected chi connectivity index (χ3v) is 5.83. The van der Waals surface area contributed by atoms with E-state index in [1.54, 1.807) is 30.3 Å². The fourth-order valence-electron chi connectivity index (χ4n) is 4.06. The number of fused-ring (bicyclic) bond motifs is 2. The first-order valence-electron chi connectivity index (χ1n) is 11.1. The van der Waals surface area contributed by atoms with Crippen LogP contribution < -0.4 is 10.2 Å². The molecule has 35 heavy (non-hydrogen) atoms. The average molecular weight is 463 g/mol. The topological polar surface area (TPSA) is 94.4 Å². The standard InChI is InChI=1S/C28H22N4O3/c1-18-10-13-20(14-11-18)30-26(34)17-32-24-9-5-4-8-22(24)27(28(32)35)31-29-16-23-21-7-3-2-6-19(21)12-15-25(23)33/h2-16,33H,17H2,1H3,(H,30,34)/b29-16+,31-27-. The molecule has 0 unspecified atom stereocenters. The van der Waals surface area contributed by atoms with Gasteiger partial charge in [0.1, 0.15) is 12.3 Å². The SMILES string of the molecule is Cc1ccc(NC(=O)CN2C(=O)/C(=N\N=C\c3c(O)ccc4ccccc34)c3ccccc32)cc1. The maximum absolute atomic E-state index is 13.2. The van der Waals surface area contributed by atoms with E-state index in [1.165, 1.54) is 11.1 Å². The Morgan fingerprint density at radius 1 is 0.971 bits per heavy atom. The molecule has 0 saturated carbocycles. The predicted octanol–water partition coefficient (Wildman–Crippen LogP) is 4.66. The van der Waals surface area contributed by atoms with Crippen LogP contribution in [0.5, 0.6) is 5.75 Å². The molecule has 2 amide bonds. The van der Waals surface area contributed by atoms with Gasteiger partial charge in [-0.05, 0) is 42.0 Å². The Morgan fingerprint density at radius 3 is 2.54 bits per heavy atom. The highest BCUT2D eigenvalue weighted by molar-refractivity contribution is 6.54. The Bertz CT molecular complexity index is 1510. The summed E-state index contributed by atoms with van der Waals surface area (Å²) in [5, 5.41) is 23.2. The number of benzene rings is 4. The van der Waals surface area contributed by atoms with E-state index in [0.29, 0.717) is 22.5 Å². The fourth-order valence-corrected chi connectivity index (χ4v) is 4.06. The van der Waals surface area contributed by atoms with E-state index in [0.717, 1.165) is 16.3 Å². The van der Waals surface area contributed by atoms with E-state index in [4.69, 9.17) is 0 Å². The molecule has 0 bridgehead atoms. The molecule has 2 N–H and O–H groups in total. The minimum Gasteiger partial charge on any atom is -0.507 e. The zero-order chi connectivity index (χ0) is 24.4. The molecule has 1 heterocycles. The van der Waals surface area contributed by atoms with Crippen molar-refractivity contribution in [2.45, 2.75) is 6.92 Å². The van der Waals surface area contributed by atoms with Crippen LogP contribution in [0.4, 0.5) is 11.4 Å². The van der Waals surface area contributed by atoms with Crippen LogP contribution in [0, 0.1) is 6.92 Å². The molecule has 0 fully saturated rings. The van der Waals surface area contributed by atoms with E-state index in [-0.39, 0.29) is 23.9 Å². The third kappa shape index (κ3) is 4.39. The smallest absolute Gasteiger partial charge is 0.279 e. The van der Waals surface area contributed by atoms with Crippen LogP contribution in [0.15, 0.2) is 95.1 Å². The number of carbonyl (C=O) groups is 2. The van der Waals surface area contributed by atoms with Gasteiger partial charge in [-0.2, -0.15) is 5.10 Å². The molecule has 0 spiro atoms. The summed E-state index contributed by atoms with van der Waals surface area (Å²) in [5.41, 5.74) is 3.59. The minimum atomic E-state index is -0.412. The first kappa shape index (κ1) is 22.0. The van der Waals surface area contributed by atoms with Gasteiger partial charge in [-0.15, -0.1) is 5.10 Å². The molecule has 5 rings (SSSR count). The Hall–Kier alpha value is -4.78. The highest BCUT2D eigenvalue weighted by atomic mass is 16.3. The van der Waals surface area contributed by atoms with Gasteiger partial charge in [0, 0.05) is 16.8 Å². The number of aromatic hydroxyl groups is 1. The Labute approximate surface area is 202 Å². The van der Waals surface area contributed by atoms with Crippen molar-refractivity contribution in [2.24, 2.45) is 10.2 Å². The molecule has 0 saturated heterocycles. The van der Waals surface area contributed by atoms with Crippen LogP contribution in [-0.4, -0.2) is 35.4 Å². The van der Waals surface area contributed by atoms with Gasteiger partial charge in [0.05, 0.1) is 11.9 Å². The number of amides is 2. The largest absolute Gasteiger partial charge is 0.507 e. The van der Waals surface area contributed by atoms with E-state index >= 15 is 0 Å². The summed E-state index contributed by atoms with van der Waals surface area (Å²) in [7, 11) is 0. The number of rotatable bonds is 5. The molecular formula is C28H22N4O3. The summed E-state index contributed by atoms with van der Waals surface area (Å²) in [5.74, 6) is -0.660. The van der Waals surface area contributed by atoms with Gasteiger partial charge in [0.2, 0.25) is 5.91 Å². The average Bonchev–Trinajstić information content (AvgIpc) is 3.12. The molecule has 4 aromatic carbocycles. The number of anilines is 2. The van der Waals surface area contributed by atoms with Crippen molar-refractivity contribution in [3.63, 3.8) is 0 Å². The van der Waals surface area contributed by atoms with Gasteiger partial charge in [-0.3, -0.25) is 14.5 Å². The van der Waals surface area contributed by atoms with Crippen molar-refractivity contribution in [2.75, 3.05) is 16.8 Å². The molecule has 0 radical (unpaired) electrons. The van der Waals surface area contributed by atoms with Crippen LogP contribution in [0.2, 0.25) is 0 Å². The van der Waals surface area contributed by atoms with Gasteiger partial charge in [-0.25, -0.2) is 0 Å². The van der Waals surface area contributed by atoms with Crippen LogP contribution in [0.3, 0.4) is 0 Å². The monoisotopic (exact) mass is 462 g/mol. The third-order valence-electron chi connectivity index (χ3n) is 5.83. The van der Waals surface area contributed by atoms with Gasteiger partial charge >= 0.3 is 0 Å². The lowest BCUT2D eigenvalue weighted by molar-refractivity contribution is -0.118. The lowest BCUT2D eigenvalue weighted by atomic mass is 10.0. The molecule has 7 nitrogen and oxygen atoms in total. The van der Waals surface area contributed by atoms with Crippen LogP contribution in [0.1, 0.15) is 16.7 Å². The number of nitrogens with zero attached hydrogens (tertiary/aromatic N) is 3. The molecular weight excluding hydrogens is 440 g/mol. The van der Waals surface area contributed by atoms with Crippen molar-refractivity contribution in [3.8, 4) is 5.75 Å². The Morgan fingerprint density at radius 2 is 1.71 bits per heavy atom. The number of nitrogens with one attached hydrogen (secondary N) is 1. The van der Waals surface area contributed by atoms with Crippen molar-refractivity contribution >= 4 is 45.9 Å². The van der Waals surface area contributed by atoms with Gasteiger partial charge in [0.15, 0.2) is 5.71 Å². The zero-order valence-corrected chi connectivity index (χ0v) is 19.0. The summed E-state index contributed by atoms with van der Waals surface area (Å²) in [6.45, 7) is 1.81. The predicted molar refractivity (Wildman–Crippen MR) is 138 cm³/mol. The van der Waals surface area contributed by atoms with Crippen LogP contribution in [-0.2, 0) is 9.59 Å². The molecule has 0 aliphatic carbocycles. The normalized spacial score (nSPS) is 14.1.